The van der Waals surface area contributed by atoms with Gasteiger partial charge in [0.2, 0.25) is 0 Å². The maximum Gasteiger partial charge on any atom is 0.275 e. The number of hydrogen-bond donors (Lipinski definition) is 2. The number of pyridine rings is 1. The molecule has 30 heavy (non-hydrogen) atoms. The summed E-state index contributed by atoms with van der Waals surface area (Å²) in [6.07, 6.45) is 3.30. The molecule has 0 atom stereocenters. The minimum absolute atomic E-state index is 0.236. The van der Waals surface area contributed by atoms with Gasteiger partial charge in [-0.05, 0) is 55.5 Å². The summed E-state index contributed by atoms with van der Waals surface area (Å²) >= 11 is 3.34. The summed E-state index contributed by atoms with van der Waals surface area (Å²) in [4.78, 5) is 28.7. The van der Waals surface area contributed by atoms with E-state index in [1.54, 1.807) is 67.8 Å². The zero-order valence-electron chi connectivity index (χ0n) is 16.1. The Balaban J connectivity index is 1.61. The Labute approximate surface area is 182 Å². The fraction of sp³-hybridized carbons (Fsp3) is 0.0909. The number of anilines is 1. The smallest absolute Gasteiger partial charge is 0.275 e. The van der Waals surface area contributed by atoms with Gasteiger partial charge in [0.15, 0.2) is 6.61 Å². The second-order valence-electron chi connectivity index (χ2n) is 6.21. The predicted octanol–water partition coefficient (Wildman–Crippen LogP) is 4.02. The molecule has 7 nitrogen and oxygen atoms in total. The maximum absolute atomic E-state index is 12.6. The molecule has 0 aliphatic heterocycles. The van der Waals surface area contributed by atoms with Crippen molar-refractivity contribution in [3.05, 3.63) is 88.7 Å². The van der Waals surface area contributed by atoms with Gasteiger partial charge >= 0.3 is 0 Å². The Morgan fingerprint density at radius 3 is 2.47 bits per heavy atom. The number of carbonyl (C=O) groups excluding carboxylic acids is 2. The number of para-hydroxylation sites is 1. The second-order valence-corrected chi connectivity index (χ2v) is 7.13. The molecule has 2 N–H and O–H groups in total. The molecule has 0 aliphatic rings. The van der Waals surface area contributed by atoms with Gasteiger partial charge in [-0.25, -0.2) is 5.43 Å². The third-order valence-electron chi connectivity index (χ3n) is 4.04. The summed E-state index contributed by atoms with van der Waals surface area (Å²) in [5, 5.41) is 6.85. The molecule has 3 rings (SSSR count). The van der Waals surface area contributed by atoms with Crippen molar-refractivity contribution in [2.45, 2.75) is 6.92 Å². The summed E-state index contributed by atoms with van der Waals surface area (Å²) in [6, 6.07) is 17.5. The Kier molecular flexibility index (Phi) is 7.29. The third-order valence-corrected chi connectivity index (χ3v) is 4.57. The normalized spacial score (nSPS) is 10.9. The van der Waals surface area contributed by atoms with E-state index in [1.807, 2.05) is 12.1 Å². The molecule has 0 bridgehead atoms. The molecule has 0 aliphatic carbocycles. The number of ether oxygens (including phenoxy) is 1. The highest BCUT2D eigenvalue weighted by molar-refractivity contribution is 9.10. The number of carbonyl (C=O) groups is 2. The fourth-order valence-electron chi connectivity index (χ4n) is 2.51. The topological polar surface area (TPSA) is 92.7 Å². The molecule has 0 radical (unpaired) electrons. The third kappa shape index (κ3) is 5.99. The highest BCUT2D eigenvalue weighted by Gasteiger charge is 2.13. The molecule has 0 spiro atoms. The van der Waals surface area contributed by atoms with E-state index in [0.29, 0.717) is 11.4 Å². The second kappa shape index (κ2) is 10.3. The lowest BCUT2D eigenvalue weighted by molar-refractivity contribution is -0.118. The van der Waals surface area contributed by atoms with E-state index >= 15 is 0 Å². The minimum atomic E-state index is -0.438. The predicted molar refractivity (Wildman–Crippen MR) is 119 cm³/mol. The molecule has 0 saturated heterocycles. The SMILES string of the molecule is CC(=NNC(=O)c1ccccc1OCC(=O)Nc1ccc(Br)cc1)c1ccncc1. The molecule has 152 valence electrons. The Morgan fingerprint density at radius 2 is 1.73 bits per heavy atom. The van der Waals surface area contributed by atoms with Crippen LogP contribution in [0, 0.1) is 0 Å². The van der Waals surface area contributed by atoms with Gasteiger partial charge in [0.1, 0.15) is 5.75 Å². The van der Waals surface area contributed by atoms with Crippen LogP contribution in [0.15, 0.2) is 82.6 Å². The number of nitrogens with zero attached hydrogens (tertiary/aromatic N) is 2. The van der Waals surface area contributed by atoms with Crippen LogP contribution in [-0.4, -0.2) is 29.1 Å². The van der Waals surface area contributed by atoms with Crippen LogP contribution >= 0.6 is 15.9 Å². The lowest BCUT2D eigenvalue weighted by atomic mass is 10.2. The average molecular weight is 467 g/mol. The van der Waals surface area contributed by atoms with Crippen LogP contribution in [0.1, 0.15) is 22.8 Å². The monoisotopic (exact) mass is 466 g/mol. The molecule has 2 amide bonds. The largest absolute Gasteiger partial charge is 0.483 e. The summed E-state index contributed by atoms with van der Waals surface area (Å²) in [6.45, 7) is 1.55. The molecular formula is C22H19BrN4O3. The molecule has 3 aromatic rings. The van der Waals surface area contributed by atoms with Crippen molar-refractivity contribution in [2.24, 2.45) is 5.10 Å². The van der Waals surface area contributed by atoms with Crippen molar-refractivity contribution in [3.63, 3.8) is 0 Å². The highest BCUT2D eigenvalue weighted by atomic mass is 79.9. The van der Waals surface area contributed by atoms with E-state index in [-0.39, 0.29) is 23.8 Å². The fourth-order valence-corrected chi connectivity index (χ4v) is 2.77. The van der Waals surface area contributed by atoms with Gasteiger partial charge in [-0.1, -0.05) is 28.1 Å². The van der Waals surface area contributed by atoms with Crippen LogP contribution in [-0.2, 0) is 4.79 Å². The van der Waals surface area contributed by atoms with E-state index < -0.39 is 5.91 Å². The van der Waals surface area contributed by atoms with Gasteiger partial charge in [0, 0.05) is 28.1 Å². The molecular weight excluding hydrogens is 448 g/mol. The number of halogens is 1. The summed E-state index contributed by atoms with van der Waals surface area (Å²) in [5.74, 6) is -0.482. The van der Waals surface area contributed by atoms with E-state index in [1.165, 1.54) is 0 Å². The Morgan fingerprint density at radius 1 is 1.03 bits per heavy atom. The molecule has 0 fully saturated rings. The molecule has 1 heterocycles. The van der Waals surface area contributed by atoms with Crippen molar-refractivity contribution >= 4 is 39.1 Å². The number of hydrogen-bond acceptors (Lipinski definition) is 5. The number of hydrazone groups is 1. The zero-order chi connectivity index (χ0) is 21.3. The summed E-state index contributed by atoms with van der Waals surface area (Å²) < 4.78 is 6.48. The van der Waals surface area contributed by atoms with E-state index in [2.05, 4.69) is 36.8 Å². The van der Waals surface area contributed by atoms with Crippen LogP contribution in [0.3, 0.4) is 0 Å². The van der Waals surface area contributed by atoms with Gasteiger partial charge in [-0.3, -0.25) is 14.6 Å². The lowest BCUT2D eigenvalue weighted by Gasteiger charge is -2.11. The first-order chi connectivity index (χ1) is 14.5. The number of amides is 2. The summed E-state index contributed by atoms with van der Waals surface area (Å²) in [5.41, 5.74) is 4.93. The first-order valence-electron chi connectivity index (χ1n) is 9.05. The van der Waals surface area contributed by atoms with Crippen LogP contribution in [0.5, 0.6) is 5.75 Å². The average Bonchev–Trinajstić information content (AvgIpc) is 2.78. The molecule has 0 saturated carbocycles. The minimum Gasteiger partial charge on any atom is -0.483 e. The summed E-state index contributed by atoms with van der Waals surface area (Å²) in [7, 11) is 0. The van der Waals surface area contributed by atoms with Crippen LogP contribution in [0.25, 0.3) is 0 Å². The molecule has 2 aromatic carbocycles. The zero-order valence-corrected chi connectivity index (χ0v) is 17.7. The van der Waals surface area contributed by atoms with Crippen molar-refractivity contribution in [1.29, 1.82) is 0 Å². The van der Waals surface area contributed by atoms with Crippen molar-refractivity contribution in [3.8, 4) is 5.75 Å². The van der Waals surface area contributed by atoms with Crippen molar-refractivity contribution < 1.29 is 14.3 Å². The van der Waals surface area contributed by atoms with E-state index in [4.69, 9.17) is 4.74 Å². The number of rotatable bonds is 7. The number of nitrogens with one attached hydrogen (secondary N) is 2. The van der Waals surface area contributed by atoms with Crippen LogP contribution < -0.4 is 15.5 Å². The van der Waals surface area contributed by atoms with Gasteiger partial charge < -0.3 is 10.1 Å². The van der Waals surface area contributed by atoms with E-state index in [9.17, 15) is 9.59 Å². The number of benzene rings is 2. The maximum atomic E-state index is 12.6. The lowest BCUT2D eigenvalue weighted by Crippen LogP contribution is -2.23. The first kappa shape index (κ1) is 21.2. The standard InChI is InChI=1S/C22H19BrN4O3/c1-15(16-10-12-24-13-11-16)26-27-22(29)19-4-2-3-5-20(19)30-14-21(28)25-18-8-6-17(23)7-9-18/h2-13H,14H2,1H3,(H,25,28)(H,27,29). The van der Waals surface area contributed by atoms with Crippen molar-refractivity contribution in [1.82, 2.24) is 10.4 Å². The van der Waals surface area contributed by atoms with Gasteiger partial charge in [-0.15, -0.1) is 0 Å². The Hall–Kier alpha value is -3.52. The van der Waals surface area contributed by atoms with Crippen molar-refractivity contribution in [2.75, 3.05) is 11.9 Å². The molecule has 8 heteroatoms. The van der Waals surface area contributed by atoms with Gasteiger partial charge in [-0.2, -0.15) is 5.10 Å². The van der Waals surface area contributed by atoms with Crippen LogP contribution in [0.2, 0.25) is 0 Å². The molecule has 1 aromatic heterocycles. The number of aromatic nitrogens is 1. The highest BCUT2D eigenvalue weighted by Crippen LogP contribution is 2.18. The molecule has 0 unspecified atom stereocenters. The van der Waals surface area contributed by atoms with Gasteiger partial charge in [0.05, 0.1) is 11.3 Å². The van der Waals surface area contributed by atoms with E-state index in [0.717, 1.165) is 10.0 Å². The van der Waals surface area contributed by atoms with Gasteiger partial charge in [0.25, 0.3) is 11.8 Å². The Bertz CT molecular complexity index is 1050. The quantitative estimate of drug-likeness (QED) is 0.406. The first-order valence-corrected chi connectivity index (χ1v) is 9.84. The van der Waals surface area contributed by atoms with Crippen LogP contribution in [0.4, 0.5) is 5.69 Å².